The summed E-state index contributed by atoms with van der Waals surface area (Å²) in [4.78, 5) is 14.5. The van der Waals surface area contributed by atoms with Crippen molar-refractivity contribution in [1.29, 1.82) is 0 Å². The summed E-state index contributed by atoms with van der Waals surface area (Å²) in [5, 5.41) is 9.02. The Morgan fingerprint density at radius 3 is 2.64 bits per heavy atom. The number of rotatable bonds is 2. The number of carbonyl (C=O) groups is 1. The van der Waals surface area contributed by atoms with Crippen molar-refractivity contribution in [1.82, 2.24) is 4.98 Å². The van der Waals surface area contributed by atoms with Gasteiger partial charge in [-0.2, -0.15) is 0 Å². The van der Waals surface area contributed by atoms with Crippen molar-refractivity contribution in [2.45, 2.75) is 13.8 Å². The maximum atomic E-state index is 10.6. The number of pyridine rings is 1. The lowest BCUT2D eigenvalue weighted by molar-refractivity contribution is 0.0696. The van der Waals surface area contributed by atoms with Crippen LogP contribution in [0.5, 0.6) is 0 Å². The van der Waals surface area contributed by atoms with E-state index in [0.29, 0.717) is 10.7 Å². The molecule has 3 nitrogen and oxygen atoms in total. The molecule has 0 aromatic carbocycles. The first-order valence-corrected chi connectivity index (χ1v) is 4.42. The zero-order chi connectivity index (χ0) is 10.7. The van der Waals surface area contributed by atoms with Gasteiger partial charge in [0, 0.05) is 6.20 Å². The zero-order valence-corrected chi connectivity index (χ0v) is 8.67. The molecular weight excluding hydrogens is 202 g/mol. The molecule has 0 amide bonds. The molecule has 1 aromatic heterocycles. The summed E-state index contributed by atoms with van der Waals surface area (Å²) in [5.74, 6) is -1.02. The molecule has 1 rings (SSSR count). The first kappa shape index (κ1) is 10.7. The minimum absolute atomic E-state index is 0.0981. The zero-order valence-electron chi connectivity index (χ0n) is 7.91. The van der Waals surface area contributed by atoms with Crippen molar-refractivity contribution in [3.8, 4) is 0 Å². The van der Waals surface area contributed by atoms with Gasteiger partial charge < -0.3 is 5.11 Å². The van der Waals surface area contributed by atoms with Gasteiger partial charge in [-0.1, -0.05) is 17.2 Å². The fourth-order valence-electron chi connectivity index (χ4n) is 0.945. The van der Waals surface area contributed by atoms with Gasteiger partial charge in [0.25, 0.3) is 0 Å². The molecule has 0 atom stereocenters. The summed E-state index contributed by atoms with van der Waals surface area (Å²) in [7, 11) is 0. The summed E-state index contributed by atoms with van der Waals surface area (Å²) in [6.07, 6.45) is 3.09. The SMILES string of the molecule is CC(C)=Cc1ncc(C(=O)O)cc1Cl. The topological polar surface area (TPSA) is 50.2 Å². The van der Waals surface area contributed by atoms with Crippen LogP contribution in [0.3, 0.4) is 0 Å². The first-order valence-electron chi connectivity index (χ1n) is 4.04. The molecule has 0 bridgehead atoms. The third-order valence-electron chi connectivity index (χ3n) is 1.54. The average Bonchev–Trinajstić information content (AvgIpc) is 2.07. The van der Waals surface area contributed by atoms with Crippen LogP contribution >= 0.6 is 11.6 Å². The van der Waals surface area contributed by atoms with Crippen LogP contribution < -0.4 is 0 Å². The molecule has 1 N–H and O–H groups in total. The van der Waals surface area contributed by atoms with Crippen molar-refractivity contribution in [3.05, 3.63) is 34.1 Å². The Balaban J connectivity index is 3.14. The Kier molecular flexibility index (Phi) is 3.25. The highest BCUT2D eigenvalue weighted by Gasteiger charge is 2.06. The van der Waals surface area contributed by atoms with E-state index in [0.717, 1.165) is 5.57 Å². The number of nitrogens with zero attached hydrogens (tertiary/aromatic N) is 1. The lowest BCUT2D eigenvalue weighted by Gasteiger charge is -1.99. The summed E-state index contributed by atoms with van der Waals surface area (Å²) in [6, 6.07) is 1.39. The highest BCUT2D eigenvalue weighted by atomic mass is 35.5. The van der Waals surface area contributed by atoms with Gasteiger partial charge >= 0.3 is 5.97 Å². The van der Waals surface area contributed by atoms with Gasteiger partial charge in [-0.15, -0.1) is 0 Å². The maximum absolute atomic E-state index is 10.6. The summed E-state index contributed by atoms with van der Waals surface area (Å²) < 4.78 is 0. The molecule has 1 aromatic rings. The van der Waals surface area contributed by atoms with E-state index in [9.17, 15) is 4.79 Å². The quantitative estimate of drug-likeness (QED) is 0.819. The Morgan fingerprint density at radius 2 is 2.21 bits per heavy atom. The number of aromatic carboxylic acids is 1. The highest BCUT2D eigenvalue weighted by molar-refractivity contribution is 6.32. The van der Waals surface area contributed by atoms with E-state index in [-0.39, 0.29) is 5.56 Å². The Bertz CT molecular complexity index is 395. The van der Waals surface area contributed by atoms with Crippen LogP contribution in [0.4, 0.5) is 0 Å². The van der Waals surface area contributed by atoms with Gasteiger partial charge in [-0.25, -0.2) is 4.79 Å². The van der Waals surface area contributed by atoms with E-state index in [4.69, 9.17) is 16.7 Å². The predicted molar refractivity (Wildman–Crippen MR) is 55.5 cm³/mol. The van der Waals surface area contributed by atoms with Gasteiger partial charge in [-0.3, -0.25) is 4.98 Å². The molecule has 0 radical (unpaired) electrons. The summed E-state index contributed by atoms with van der Waals surface area (Å²) in [5.41, 5.74) is 1.75. The van der Waals surface area contributed by atoms with Gasteiger partial charge in [0.1, 0.15) is 0 Å². The maximum Gasteiger partial charge on any atom is 0.337 e. The molecule has 74 valence electrons. The summed E-state index contributed by atoms with van der Waals surface area (Å²) >= 11 is 5.85. The average molecular weight is 212 g/mol. The fraction of sp³-hybridized carbons (Fsp3) is 0.200. The smallest absolute Gasteiger partial charge is 0.337 e. The van der Waals surface area contributed by atoms with E-state index in [1.54, 1.807) is 6.08 Å². The molecule has 1 heterocycles. The number of hydrogen-bond donors (Lipinski definition) is 1. The number of carboxylic acids is 1. The van der Waals surface area contributed by atoms with Gasteiger partial charge in [0.2, 0.25) is 0 Å². The van der Waals surface area contributed by atoms with E-state index in [2.05, 4.69) is 4.98 Å². The van der Waals surface area contributed by atoms with E-state index < -0.39 is 5.97 Å². The molecule has 4 heteroatoms. The standard InChI is InChI=1S/C10H10ClNO2/c1-6(2)3-9-8(11)4-7(5-12-9)10(13)14/h3-5H,1-2H3,(H,13,14). The molecular formula is C10H10ClNO2. The Labute approximate surface area is 87.0 Å². The molecule has 14 heavy (non-hydrogen) atoms. The third kappa shape index (κ3) is 2.57. The minimum atomic E-state index is -1.02. The molecule has 0 saturated carbocycles. The number of aromatic nitrogens is 1. The second-order valence-corrected chi connectivity index (χ2v) is 3.53. The van der Waals surface area contributed by atoms with Crippen molar-refractivity contribution in [3.63, 3.8) is 0 Å². The fourth-order valence-corrected chi connectivity index (χ4v) is 1.17. The Hall–Kier alpha value is -1.35. The number of hydrogen-bond acceptors (Lipinski definition) is 2. The van der Waals surface area contributed by atoms with E-state index in [1.165, 1.54) is 12.3 Å². The van der Waals surface area contributed by atoms with E-state index in [1.807, 2.05) is 13.8 Å². The van der Waals surface area contributed by atoms with Crippen LogP contribution in [0, 0.1) is 0 Å². The second-order valence-electron chi connectivity index (χ2n) is 3.12. The largest absolute Gasteiger partial charge is 0.478 e. The van der Waals surface area contributed by atoms with Gasteiger partial charge in [-0.05, 0) is 26.0 Å². The molecule has 0 aliphatic heterocycles. The monoisotopic (exact) mass is 211 g/mol. The lowest BCUT2D eigenvalue weighted by atomic mass is 10.2. The van der Waals surface area contributed by atoms with Crippen molar-refractivity contribution in [2.75, 3.05) is 0 Å². The van der Waals surface area contributed by atoms with Gasteiger partial charge in [0.05, 0.1) is 16.3 Å². The van der Waals surface area contributed by atoms with Crippen molar-refractivity contribution >= 4 is 23.6 Å². The van der Waals surface area contributed by atoms with Crippen LogP contribution in [0.1, 0.15) is 29.9 Å². The molecule has 0 spiro atoms. The van der Waals surface area contributed by atoms with Crippen molar-refractivity contribution < 1.29 is 9.90 Å². The van der Waals surface area contributed by atoms with Crippen LogP contribution in [0.15, 0.2) is 17.8 Å². The van der Waals surface area contributed by atoms with Crippen LogP contribution in [0.25, 0.3) is 6.08 Å². The third-order valence-corrected chi connectivity index (χ3v) is 1.84. The van der Waals surface area contributed by atoms with Crippen molar-refractivity contribution in [2.24, 2.45) is 0 Å². The number of halogens is 1. The van der Waals surface area contributed by atoms with Crippen LogP contribution in [0.2, 0.25) is 5.02 Å². The number of carboxylic acid groups (broad SMARTS) is 1. The normalized spacial score (nSPS) is 9.64. The minimum Gasteiger partial charge on any atom is -0.478 e. The predicted octanol–water partition coefficient (Wildman–Crippen LogP) is 2.86. The molecule has 0 aliphatic carbocycles. The molecule has 0 saturated heterocycles. The molecule has 0 unspecified atom stereocenters. The molecule has 0 fully saturated rings. The van der Waals surface area contributed by atoms with Gasteiger partial charge in [0.15, 0.2) is 0 Å². The molecule has 0 aliphatic rings. The van der Waals surface area contributed by atoms with E-state index >= 15 is 0 Å². The lowest BCUT2D eigenvalue weighted by Crippen LogP contribution is -1.98. The Morgan fingerprint density at radius 1 is 1.57 bits per heavy atom. The first-order chi connectivity index (χ1) is 6.50. The summed E-state index contributed by atoms with van der Waals surface area (Å²) in [6.45, 7) is 3.84. The van der Waals surface area contributed by atoms with Crippen LogP contribution in [-0.4, -0.2) is 16.1 Å². The number of allylic oxidation sites excluding steroid dienone is 1. The second kappa shape index (κ2) is 4.24. The van der Waals surface area contributed by atoms with Crippen LogP contribution in [-0.2, 0) is 0 Å². The highest BCUT2D eigenvalue weighted by Crippen LogP contribution is 2.17.